The summed E-state index contributed by atoms with van der Waals surface area (Å²) in [6.45, 7) is 6.01. The van der Waals surface area contributed by atoms with Gasteiger partial charge in [0.15, 0.2) is 0 Å². The first kappa shape index (κ1) is 19.6. The molecule has 0 atom stereocenters. The highest BCUT2D eigenvalue weighted by atomic mass is 16.2. The first-order valence-corrected chi connectivity index (χ1v) is 10.7. The van der Waals surface area contributed by atoms with Crippen molar-refractivity contribution in [2.45, 2.75) is 25.7 Å². The summed E-state index contributed by atoms with van der Waals surface area (Å²) in [5, 5.41) is 3.04. The molecule has 29 heavy (non-hydrogen) atoms. The first-order valence-electron chi connectivity index (χ1n) is 10.7. The Morgan fingerprint density at radius 2 is 1.48 bits per heavy atom. The van der Waals surface area contributed by atoms with Gasteiger partial charge in [0.1, 0.15) is 0 Å². The molecular weight excluding hydrogens is 364 g/mol. The summed E-state index contributed by atoms with van der Waals surface area (Å²) in [4.78, 5) is 27.9. The summed E-state index contributed by atoms with van der Waals surface area (Å²) < 4.78 is 0. The third kappa shape index (κ3) is 5.44. The van der Waals surface area contributed by atoms with E-state index in [1.165, 1.54) is 31.4 Å². The standard InChI is InChI=1S/C22H30N6O/c29-21(18-26-14-16-28(17-15-26)22-23-10-5-11-24-22)25-19-6-8-20(9-7-19)27-12-3-1-2-4-13-27/h5-11H,1-4,12-18H2,(H,25,29). The Labute approximate surface area is 172 Å². The number of aromatic nitrogens is 2. The monoisotopic (exact) mass is 394 g/mol. The van der Waals surface area contributed by atoms with E-state index in [4.69, 9.17) is 0 Å². The van der Waals surface area contributed by atoms with Crippen LogP contribution in [0.1, 0.15) is 25.7 Å². The van der Waals surface area contributed by atoms with Crippen LogP contribution in [0.2, 0.25) is 0 Å². The molecule has 1 aromatic carbocycles. The van der Waals surface area contributed by atoms with E-state index in [-0.39, 0.29) is 5.91 Å². The van der Waals surface area contributed by atoms with Gasteiger partial charge in [-0.1, -0.05) is 12.8 Å². The number of anilines is 3. The molecule has 0 aliphatic carbocycles. The second kappa shape index (κ2) is 9.69. The Morgan fingerprint density at radius 1 is 0.828 bits per heavy atom. The number of hydrogen-bond acceptors (Lipinski definition) is 6. The number of rotatable bonds is 5. The minimum absolute atomic E-state index is 0.0388. The fourth-order valence-electron chi connectivity index (χ4n) is 4.05. The minimum atomic E-state index is 0.0388. The van der Waals surface area contributed by atoms with E-state index in [1.807, 2.05) is 18.2 Å². The van der Waals surface area contributed by atoms with Crippen LogP contribution in [-0.4, -0.2) is 66.6 Å². The molecule has 1 N–H and O–H groups in total. The molecule has 0 spiro atoms. The molecule has 2 saturated heterocycles. The van der Waals surface area contributed by atoms with Gasteiger partial charge in [0, 0.05) is 63.0 Å². The molecule has 2 aromatic rings. The lowest BCUT2D eigenvalue weighted by Crippen LogP contribution is -2.49. The highest BCUT2D eigenvalue weighted by Crippen LogP contribution is 2.21. The SMILES string of the molecule is O=C(CN1CCN(c2ncccn2)CC1)Nc1ccc(N2CCCCCC2)cc1. The fraction of sp³-hybridized carbons (Fsp3) is 0.500. The van der Waals surface area contributed by atoms with E-state index in [2.05, 4.69) is 42.1 Å². The van der Waals surface area contributed by atoms with Crippen molar-refractivity contribution in [2.24, 2.45) is 0 Å². The van der Waals surface area contributed by atoms with Crippen LogP contribution < -0.4 is 15.1 Å². The molecule has 154 valence electrons. The molecule has 0 radical (unpaired) electrons. The molecular formula is C22H30N6O. The van der Waals surface area contributed by atoms with Crippen LogP contribution in [0.25, 0.3) is 0 Å². The molecule has 2 aliphatic rings. The van der Waals surface area contributed by atoms with E-state index in [9.17, 15) is 4.79 Å². The Balaban J connectivity index is 1.23. The van der Waals surface area contributed by atoms with Gasteiger partial charge in [0.2, 0.25) is 11.9 Å². The topological polar surface area (TPSA) is 64.6 Å². The highest BCUT2D eigenvalue weighted by molar-refractivity contribution is 5.92. The summed E-state index contributed by atoms with van der Waals surface area (Å²) >= 11 is 0. The maximum atomic E-state index is 12.5. The summed E-state index contributed by atoms with van der Waals surface area (Å²) in [5.41, 5.74) is 2.12. The Kier molecular flexibility index (Phi) is 6.56. The van der Waals surface area contributed by atoms with Gasteiger partial charge in [-0.3, -0.25) is 9.69 Å². The number of carbonyl (C=O) groups excluding carboxylic acids is 1. The van der Waals surface area contributed by atoms with Gasteiger partial charge in [0.25, 0.3) is 0 Å². The van der Waals surface area contributed by atoms with Crippen molar-refractivity contribution < 1.29 is 4.79 Å². The van der Waals surface area contributed by atoms with Crippen molar-refractivity contribution in [1.29, 1.82) is 0 Å². The minimum Gasteiger partial charge on any atom is -0.372 e. The van der Waals surface area contributed by atoms with E-state index in [0.717, 1.165) is 50.9 Å². The normalized spacial score (nSPS) is 18.3. The molecule has 1 amide bonds. The zero-order chi connectivity index (χ0) is 19.9. The van der Waals surface area contributed by atoms with Crippen LogP contribution >= 0.6 is 0 Å². The van der Waals surface area contributed by atoms with Crippen molar-refractivity contribution in [3.8, 4) is 0 Å². The van der Waals surface area contributed by atoms with Gasteiger partial charge in [-0.25, -0.2) is 9.97 Å². The molecule has 1 aromatic heterocycles. The third-order valence-electron chi connectivity index (χ3n) is 5.70. The van der Waals surface area contributed by atoms with Crippen molar-refractivity contribution >= 4 is 23.2 Å². The van der Waals surface area contributed by atoms with Crippen molar-refractivity contribution in [2.75, 3.05) is 60.9 Å². The molecule has 0 bridgehead atoms. The maximum Gasteiger partial charge on any atom is 0.238 e. The largest absolute Gasteiger partial charge is 0.372 e. The van der Waals surface area contributed by atoms with E-state index < -0.39 is 0 Å². The highest BCUT2D eigenvalue weighted by Gasteiger charge is 2.20. The smallest absolute Gasteiger partial charge is 0.238 e. The summed E-state index contributed by atoms with van der Waals surface area (Å²) in [7, 11) is 0. The number of nitrogens with zero attached hydrogens (tertiary/aromatic N) is 5. The molecule has 4 rings (SSSR count). The summed E-state index contributed by atoms with van der Waals surface area (Å²) in [5.74, 6) is 0.804. The molecule has 2 aliphatic heterocycles. The molecule has 7 nitrogen and oxygen atoms in total. The average Bonchev–Trinajstić information content (AvgIpc) is 3.05. The van der Waals surface area contributed by atoms with Crippen LogP contribution in [0, 0.1) is 0 Å². The van der Waals surface area contributed by atoms with Gasteiger partial charge >= 0.3 is 0 Å². The van der Waals surface area contributed by atoms with Gasteiger partial charge in [0.05, 0.1) is 6.54 Å². The number of hydrogen-bond donors (Lipinski definition) is 1. The molecule has 0 saturated carbocycles. The Bertz CT molecular complexity index is 766. The van der Waals surface area contributed by atoms with E-state index in [0.29, 0.717) is 6.54 Å². The Morgan fingerprint density at radius 3 is 2.14 bits per heavy atom. The lowest BCUT2D eigenvalue weighted by atomic mass is 10.2. The second-order valence-electron chi connectivity index (χ2n) is 7.81. The van der Waals surface area contributed by atoms with Crippen molar-refractivity contribution in [3.63, 3.8) is 0 Å². The zero-order valence-electron chi connectivity index (χ0n) is 17.0. The zero-order valence-corrected chi connectivity index (χ0v) is 17.0. The van der Waals surface area contributed by atoms with Crippen LogP contribution in [0.15, 0.2) is 42.7 Å². The molecule has 3 heterocycles. The van der Waals surface area contributed by atoms with E-state index >= 15 is 0 Å². The third-order valence-corrected chi connectivity index (χ3v) is 5.70. The number of carbonyl (C=O) groups is 1. The fourth-order valence-corrected chi connectivity index (χ4v) is 4.05. The van der Waals surface area contributed by atoms with Crippen LogP contribution in [0.5, 0.6) is 0 Å². The molecule has 2 fully saturated rings. The number of piperazine rings is 1. The molecule has 0 unspecified atom stereocenters. The van der Waals surface area contributed by atoms with E-state index in [1.54, 1.807) is 12.4 Å². The summed E-state index contributed by atoms with van der Waals surface area (Å²) in [6.07, 6.45) is 8.72. The number of nitrogens with one attached hydrogen (secondary N) is 1. The lowest BCUT2D eigenvalue weighted by molar-refractivity contribution is -0.117. The van der Waals surface area contributed by atoms with Crippen molar-refractivity contribution in [3.05, 3.63) is 42.7 Å². The van der Waals surface area contributed by atoms with Crippen molar-refractivity contribution in [1.82, 2.24) is 14.9 Å². The average molecular weight is 395 g/mol. The van der Waals surface area contributed by atoms with Gasteiger partial charge in [-0.05, 0) is 43.2 Å². The van der Waals surface area contributed by atoms with Crippen LogP contribution in [0.3, 0.4) is 0 Å². The predicted molar refractivity (Wildman–Crippen MR) is 116 cm³/mol. The quantitative estimate of drug-likeness (QED) is 0.841. The van der Waals surface area contributed by atoms with Gasteiger partial charge in [-0.2, -0.15) is 0 Å². The van der Waals surface area contributed by atoms with Crippen LogP contribution in [0.4, 0.5) is 17.3 Å². The predicted octanol–water partition coefficient (Wildman–Crippen LogP) is 2.62. The second-order valence-corrected chi connectivity index (χ2v) is 7.81. The Hall–Kier alpha value is -2.67. The van der Waals surface area contributed by atoms with Gasteiger partial charge < -0.3 is 15.1 Å². The summed E-state index contributed by atoms with van der Waals surface area (Å²) in [6, 6.07) is 10.1. The number of benzene rings is 1. The lowest BCUT2D eigenvalue weighted by Gasteiger charge is -2.34. The van der Waals surface area contributed by atoms with Crippen LogP contribution in [-0.2, 0) is 4.79 Å². The first-order chi connectivity index (χ1) is 14.3. The molecule has 7 heteroatoms. The van der Waals surface area contributed by atoms with Gasteiger partial charge in [-0.15, -0.1) is 0 Å². The number of amides is 1. The maximum absolute atomic E-state index is 12.5.